The van der Waals surface area contributed by atoms with Crippen LogP contribution in [-0.4, -0.2) is 6.29 Å². The second kappa shape index (κ2) is 3.86. The number of hydrogen-bond donors (Lipinski definition) is 0. The van der Waals surface area contributed by atoms with Crippen LogP contribution >= 0.6 is 0 Å². The number of rotatable bonds is 2. The molecule has 0 aliphatic heterocycles. The van der Waals surface area contributed by atoms with E-state index in [2.05, 4.69) is 0 Å². The molecule has 0 unspecified atom stereocenters. The predicted octanol–water partition coefficient (Wildman–Crippen LogP) is 2.92. The molecule has 0 N–H and O–H groups in total. The van der Waals surface area contributed by atoms with Crippen molar-refractivity contribution in [2.75, 3.05) is 0 Å². The summed E-state index contributed by atoms with van der Waals surface area (Å²) < 4.78 is 0. The molecule has 0 aliphatic carbocycles. The van der Waals surface area contributed by atoms with E-state index in [1.165, 1.54) is 5.57 Å². The lowest BCUT2D eigenvalue weighted by Crippen LogP contribution is -1.84. The SMILES string of the molecule is CC(C)=Cc1ccccc1C=O. The first-order valence-electron chi connectivity index (χ1n) is 3.93. The van der Waals surface area contributed by atoms with Crippen LogP contribution in [0.2, 0.25) is 0 Å². The fourth-order valence-corrected chi connectivity index (χ4v) is 1.06. The van der Waals surface area contributed by atoms with Gasteiger partial charge in [-0.3, -0.25) is 4.79 Å². The molecule has 0 saturated heterocycles. The molecule has 0 aromatic heterocycles. The fourth-order valence-electron chi connectivity index (χ4n) is 1.06. The first-order chi connectivity index (χ1) is 5.74. The number of carbonyl (C=O) groups excluding carboxylic acids is 1. The van der Waals surface area contributed by atoms with Gasteiger partial charge in [0.05, 0.1) is 0 Å². The van der Waals surface area contributed by atoms with Gasteiger partial charge in [0.25, 0.3) is 0 Å². The molecular formula is C11H12O. The molecule has 0 atom stereocenters. The molecule has 1 nitrogen and oxygen atoms in total. The van der Waals surface area contributed by atoms with Crippen molar-refractivity contribution in [3.63, 3.8) is 0 Å². The van der Waals surface area contributed by atoms with Gasteiger partial charge in [-0.2, -0.15) is 0 Å². The topological polar surface area (TPSA) is 17.1 Å². The highest BCUT2D eigenvalue weighted by Gasteiger charge is 1.95. The zero-order valence-electron chi connectivity index (χ0n) is 7.37. The van der Waals surface area contributed by atoms with Crippen molar-refractivity contribution in [3.8, 4) is 0 Å². The largest absolute Gasteiger partial charge is 0.298 e. The molecule has 1 aromatic rings. The van der Waals surface area contributed by atoms with Gasteiger partial charge in [-0.25, -0.2) is 0 Å². The third-order valence-corrected chi connectivity index (χ3v) is 1.57. The van der Waals surface area contributed by atoms with E-state index in [0.717, 1.165) is 17.4 Å². The van der Waals surface area contributed by atoms with Crippen molar-refractivity contribution >= 4 is 12.4 Å². The van der Waals surface area contributed by atoms with Crippen molar-refractivity contribution < 1.29 is 4.79 Å². The Morgan fingerprint density at radius 2 is 1.75 bits per heavy atom. The summed E-state index contributed by atoms with van der Waals surface area (Å²) in [5.41, 5.74) is 2.94. The highest BCUT2D eigenvalue weighted by atomic mass is 16.1. The van der Waals surface area contributed by atoms with E-state index < -0.39 is 0 Å². The third kappa shape index (κ3) is 2.06. The fraction of sp³-hybridized carbons (Fsp3) is 0.182. The van der Waals surface area contributed by atoms with Crippen molar-refractivity contribution in [3.05, 3.63) is 41.0 Å². The molecule has 1 aromatic carbocycles. The Kier molecular flexibility index (Phi) is 2.81. The van der Waals surface area contributed by atoms with Gasteiger partial charge < -0.3 is 0 Å². The van der Waals surface area contributed by atoms with Crippen LogP contribution in [0.5, 0.6) is 0 Å². The highest BCUT2D eigenvalue weighted by molar-refractivity contribution is 5.81. The van der Waals surface area contributed by atoms with Crippen LogP contribution in [-0.2, 0) is 0 Å². The summed E-state index contributed by atoms with van der Waals surface area (Å²) >= 11 is 0. The van der Waals surface area contributed by atoms with Gasteiger partial charge in [0.2, 0.25) is 0 Å². The maximum Gasteiger partial charge on any atom is 0.150 e. The van der Waals surface area contributed by atoms with Gasteiger partial charge in [-0.1, -0.05) is 35.9 Å². The Labute approximate surface area is 72.7 Å². The molecule has 0 aliphatic rings. The molecular weight excluding hydrogens is 148 g/mol. The maximum absolute atomic E-state index is 10.6. The van der Waals surface area contributed by atoms with E-state index in [4.69, 9.17) is 0 Å². The maximum atomic E-state index is 10.6. The third-order valence-electron chi connectivity index (χ3n) is 1.57. The number of benzene rings is 1. The Bertz CT molecular complexity index is 307. The molecule has 1 heteroatoms. The van der Waals surface area contributed by atoms with Crippen LogP contribution in [0.15, 0.2) is 29.8 Å². The normalized spacial score (nSPS) is 9.17. The second-order valence-electron chi connectivity index (χ2n) is 2.97. The van der Waals surface area contributed by atoms with Crippen molar-refractivity contribution in [1.29, 1.82) is 0 Å². The lowest BCUT2D eigenvalue weighted by Gasteiger charge is -1.97. The first kappa shape index (κ1) is 8.72. The quantitative estimate of drug-likeness (QED) is 0.608. The monoisotopic (exact) mass is 160 g/mol. The van der Waals surface area contributed by atoms with Crippen LogP contribution in [0.1, 0.15) is 29.8 Å². The zero-order chi connectivity index (χ0) is 8.97. The minimum absolute atomic E-state index is 0.749. The number of hydrogen-bond acceptors (Lipinski definition) is 1. The van der Waals surface area contributed by atoms with E-state index in [1.807, 2.05) is 44.2 Å². The smallest absolute Gasteiger partial charge is 0.150 e. The van der Waals surface area contributed by atoms with Gasteiger partial charge in [0, 0.05) is 5.56 Å². The second-order valence-corrected chi connectivity index (χ2v) is 2.97. The summed E-state index contributed by atoms with van der Waals surface area (Å²) in [6.45, 7) is 4.03. The average Bonchev–Trinajstić information content (AvgIpc) is 2.04. The van der Waals surface area contributed by atoms with Crippen molar-refractivity contribution in [2.24, 2.45) is 0 Å². The van der Waals surface area contributed by atoms with E-state index in [0.29, 0.717) is 0 Å². The van der Waals surface area contributed by atoms with Crippen LogP contribution < -0.4 is 0 Å². The zero-order valence-corrected chi connectivity index (χ0v) is 7.37. The first-order valence-corrected chi connectivity index (χ1v) is 3.93. The number of carbonyl (C=O) groups is 1. The minimum Gasteiger partial charge on any atom is -0.298 e. The van der Waals surface area contributed by atoms with Crippen molar-refractivity contribution in [2.45, 2.75) is 13.8 Å². The van der Waals surface area contributed by atoms with Gasteiger partial charge in [0.15, 0.2) is 6.29 Å². The summed E-state index contributed by atoms with van der Waals surface area (Å²) in [6, 6.07) is 7.56. The van der Waals surface area contributed by atoms with Gasteiger partial charge >= 0.3 is 0 Å². The summed E-state index contributed by atoms with van der Waals surface area (Å²) in [4.78, 5) is 10.6. The molecule has 0 spiro atoms. The Balaban J connectivity index is 3.14. The van der Waals surface area contributed by atoms with E-state index in [1.54, 1.807) is 0 Å². The van der Waals surface area contributed by atoms with Gasteiger partial charge in [-0.15, -0.1) is 0 Å². The summed E-state index contributed by atoms with van der Waals surface area (Å²) in [5, 5.41) is 0. The standard InChI is InChI=1S/C11H12O/c1-9(2)7-10-5-3-4-6-11(10)8-12/h3-8H,1-2H3. The van der Waals surface area contributed by atoms with Gasteiger partial charge in [0.1, 0.15) is 0 Å². The number of aldehydes is 1. The van der Waals surface area contributed by atoms with E-state index in [-0.39, 0.29) is 0 Å². The average molecular weight is 160 g/mol. The molecule has 0 saturated carbocycles. The number of allylic oxidation sites excluding steroid dienone is 1. The highest BCUT2D eigenvalue weighted by Crippen LogP contribution is 2.10. The molecule has 0 fully saturated rings. The molecule has 62 valence electrons. The Hall–Kier alpha value is -1.37. The minimum atomic E-state index is 0.749. The van der Waals surface area contributed by atoms with Crippen LogP contribution in [0.4, 0.5) is 0 Å². The predicted molar refractivity (Wildman–Crippen MR) is 51.2 cm³/mol. The summed E-state index contributed by atoms with van der Waals surface area (Å²) in [5.74, 6) is 0. The van der Waals surface area contributed by atoms with E-state index in [9.17, 15) is 4.79 Å². The molecule has 0 amide bonds. The molecule has 12 heavy (non-hydrogen) atoms. The van der Waals surface area contributed by atoms with Crippen LogP contribution in [0.25, 0.3) is 6.08 Å². The Morgan fingerprint density at radius 3 is 2.25 bits per heavy atom. The molecule has 0 bridgehead atoms. The summed E-state index contributed by atoms with van der Waals surface area (Å²) in [6.07, 6.45) is 2.89. The Morgan fingerprint density at radius 1 is 1.17 bits per heavy atom. The summed E-state index contributed by atoms with van der Waals surface area (Å²) in [7, 11) is 0. The molecule has 0 heterocycles. The molecule has 0 radical (unpaired) electrons. The van der Waals surface area contributed by atoms with Gasteiger partial charge in [-0.05, 0) is 19.4 Å². The van der Waals surface area contributed by atoms with E-state index >= 15 is 0 Å². The lowest BCUT2D eigenvalue weighted by molar-refractivity contribution is 0.112. The van der Waals surface area contributed by atoms with Crippen LogP contribution in [0.3, 0.4) is 0 Å². The molecule has 1 rings (SSSR count). The van der Waals surface area contributed by atoms with Crippen molar-refractivity contribution in [1.82, 2.24) is 0 Å². The van der Waals surface area contributed by atoms with Crippen LogP contribution in [0, 0.1) is 0 Å². The lowest BCUT2D eigenvalue weighted by atomic mass is 10.1.